The van der Waals surface area contributed by atoms with Crippen molar-refractivity contribution in [3.05, 3.63) is 29.3 Å². The van der Waals surface area contributed by atoms with Gasteiger partial charge in [-0.2, -0.15) is 0 Å². The van der Waals surface area contributed by atoms with E-state index in [0.717, 1.165) is 25.1 Å². The fraction of sp³-hybridized carbons (Fsp3) is 0.619. The van der Waals surface area contributed by atoms with Crippen molar-refractivity contribution in [2.45, 2.75) is 58.0 Å². The third-order valence-electron chi connectivity index (χ3n) is 5.60. The second-order valence-electron chi connectivity index (χ2n) is 8.00. The lowest BCUT2D eigenvalue weighted by atomic mass is 9.85. The molecule has 0 radical (unpaired) electrons. The van der Waals surface area contributed by atoms with E-state index in [4.69, 9.17) is 9.84 Å². The maximum atomic E-state index is 12.1. The smallest absolute Gasteiger partial charge is 0.317 e. The number of carboxylic acids is 1. The van der Waals surface area contributed by atoms with Gasteiger partial charge in [-0.3, -0.25) is 14.5 Å². The van der Waals surface area contributed by atoms with Crippen LogP contribution in [0.4, 0.5) is 0 Å². The summed E-state index contributed by atoms with van der Waals surface area (Å²) in [7, 11) is 0. The van der Waals surface area contributed by atoms with Crippen LogP contribution in [0.5, 0.6) is 5.75 Å². The van der Waals surface area contributed by atoms with Crippen LogP contribution in [0.25, 0.3) is 0 Å². The summed E-state index contributed by atoms with van der Waals surface area (Å²) in [6.07, 6.45) is 4.43. The van der Waals surface area contributed by atoms with Crippen LogP contribution in [0.15, 0.2) is 18.2 Å². The molecule has 2 fully saturated rings. The van der Waals surface area contributed by atoms with Gasteiger partial charge in [0.05, 0.1) is 19.6 Å². The summed E-state index contributed by atoms with van der Waals surface area (Å²) in [6.45, 7) is 5.43. The first-order chi connectivity index (χ1) is 12.9. The van der Waals surface area contributed by atoms with Gasteiger partial charge in [-0.25, -0.2) is 0 Å². The molecule has 2 aliphatic rings. The molecule has 0 saturated heterocycles. The van der Waals surface area contributed by atoms with E-state index in [1.165, 1.54) is 24.0 Å². The molecule has 0 aromatic heterocycles. The van der Waals surface area contributed by atoms with Gasteiger partial charge in [0.25, 0.3) is 0 Å². The molecule has 2 N–H and O–H groups in total. The molecular weight excluding hydrogens is 344 g/mol. The molecule has 6 heteroatoms. The molecule has 2 aliphatic carbocycles. The number of nitrogens with one attached hydrogen (secondary N) is 1. The van der Waals surface area contributed by atoms with Crippen molar-refractivity contribution in [1.82, 2.24) is 10.2 Å². The highest BCUT2D eigenvalue weighted by Gasteiger charge is 2.37. The second-order valence-corrected chi connectivity index (χ2v) is 8.00. The predicted molar refractivity (Wildman–Crippen MR) is 103 cm³/mol. The first-order valence-electron chi connectivity index (χ1n) is 9.86. The Bertz CT molecular complexity index is 681. The van der Waals surface area contributed by atoms with E-state index in [-0.39, 0.29) is 24.5 Å². The van der Waals surface area contributed by atoms with Crippen molar-refractivity contribution in [3.8, 4) is 5.75 Å². The van der Waals surface area contributed by atoms with Gasteiger partial charge in [-0.1, -0.05) is 6.07 Å². The summed E-state index contributed by atoms with van der Waals surface area (Å²) in [5, 5.41) is 12.1. The van der Waals surface area contributed by atoms with Crippen molar-refractivity contribution in [3.63, 3.8) is 0 Å². The highest BCUT2D eigenvalue weighted by molar-refractivity contribution is 5.76. The lowest BCUT2D eigenvalue weighted by Gasteiger charge is -2.42. The summed E-state index contributed by atoms with van der Waals surface area (Å²) in [4.78, 5) is 25.2. The SMILES string of the molecule is Cc1ccc(OCCC(=O)NC2CC(N(CC(=O)O)CC3CC3)C2)cc1C. The van der Waals surface area contributed by atoms with E-state index < -0.39 is 5.97 Å². The van der Waals surface area contributed by atoms with Gasteiger partial charge >= 0.3 is 5.97 Å². The molecule has 1 amide bonds. The minimum absolute atomic E-state index is 0.00531. The predicted octanol–water partition coefficient (Wildman–Crippen LogP) is 2.52. The Labute approximate surface area is 160 Å². The lowest BCUT2D eigenvalue weighted by Crippen LogP contribution is -2.55. The Balaban J connectivity index is 1.34. The number of carboxylic acid groups (broad SMARTS) is 1. The number of aryl methyl sites for hydroxylation is 2. The zero-order valence-electron chi connectivity index (χ0n) is 16.2. The maximum Gasteiger partial charge on any atom is 0.317 e. The Morgan fingerprint density at radius 2 is 1.96 bits per heavy atom. The number of hydrogen-bond acceptors (Lipinski definition) is 4. The molecule has 0 unspecified atom stereocenters. The zero-order valence-corrected chi connectivity index (χ0v) is 16.2. The minimum atomic E-state index is -0.772. The number of carbonyl (C=O) groups excluding carboxylic acids is 1. The Hall–Kier alpha value is -2.08. The number of ether oxygens (including phenoxy) is 1. The number of rotatable bonds is 10. The summed E-state index contributed by atoms with van der Waals surface area (Å²) in [5.41, 5.74) is 2.40. The van der Waals surface area contributed by atoms with Gasteiger partial charge in [0.1, 0.15) is 5.75 Å². The van der Waals surface area contributed by atoms with Gasteiger partial charge < -0.3 is 15.2 Å². The van der Waals surface area contributed by atoms with E-state index in [1.807, 2.05) is 25.1 Å². The molecule has 0 aliphatic heterocycles. The van der Waals surface area contributed by atoms with Crippen molar-refractivity contribution in [2.75, 3.05) is 19.7 Å². The van der Waals surface area contributed by atoms with Crippen LogP contribution >= 0.6 is 0 Å². The van der Waals surface area contributed by atoms with Crippen LogP contribution < -0.4 is 10.1 Å². The van der Waals surface area contributed by atoms with Crippen molar-refractivity contribution < 1.29 is 19.4 Å². The van der Waals surface area contributed by atoms with Crippen LogP contribution in [0, 0.1) is 19.8 Å². The Morgan fingerprint density at radius 1 is 1.22 bits per heavy atom. The summed E-state index contributed by atoms with van der Waals surface area (Å²) < 4.78 is 5.67. The molecule has 0 bridgehead atoms. The molecule has 2 saturated carbocycles. The molecular formula is C21H30N2O4. The summed E-state index contributed by atoms with van der Waals surface area (Å²) in [6, 6.07) is 6.36. The third-order valence-corrected chi connectivity index (χ3v) is 5.60. The van der Waals surface area contributed by atoms with E-state index >= 15 is 0 Å². The maximum absolute atomic E-state index is 12.1. The second kappa shape index (κ2) is 8.74. The van der Waals surface area contributed by atoms with Crippen molar-refractivity contribution in [1.29, 1.82) is 0 Å². The van der Waals surface area contributed by atoms with Crippen molar-refractivity contribution >= 4 is 11.9 Å². The average Bonchev–Trinajstić information content (AvgIpc) is 3.37. The molecule has 3 rings (SSSR count). The summed E-state index contributed by atoms with van der Waals surface area (Å²) in [5.74, 6) is 0.681. The van der Waals surface area contributed by atoms with E-state index in [1.54, 1.807) is 0 Å². The highest BCUT2D eigenvalue weighted by Crippen LogP contribution is 2.33. The molecule has 0 heterocycles. The standard InChI is InChI=1S/C21H30N2O4/c1-14-3-6-19(9-15(14)2)27-8-7-20(24)22-17-10-18(11-17)23(13-21(25)26)12-16-4-5-16/h3,6,9,16-18H,4-5,7-8,10-13H2,1-2H3,(H,22,24)(H,25,26). The molecule has 6 nitrogen and oxygen atoms in total. The van der Waals surface area contributed by atoms with Crippen molar-refractivity contribution in [2.24, 2.45) is 5.92 Å². The van der Waals surface area contributed by atoms with Gasteiger partial charge in [-0.15, -0.1) is 0 Å². The molecule has 0 spiro atoms. The van der Waals surface area contributed by atoms with Gasteiger partial charge in [-0.05, 0) is 68.7 Å². The number of nitrogens with zero attached hydrogens (tertiary/aromatic N) is 1. The fourth-order valence-corrected chi connectivity index (χ4v) is 3.52. The van der Waals surface area contributed by atoms with E-state index in [0.29, 0.717) is 18.9 Å². The van der Waals surface area contributed by atoms with Gasteiger partial charge in [0.15, 0.2) is 0 Å². The monoisotopic (exact) mass is 374 g/mol. The molecule has 27 heavy (non-hydrogen) atoms. The number of amides is 1. The Morgan fingerprint density at radius 3 is 2.59 bits per heavy atom. The first kappa shape index (κ1) is 19.7. The van der Waals surface area contributed by atoms with Crippen LogP contribution in [0.3, 0.4) is 0 Å². The van der Waals surface area contributed by atoms with Gasteiger partial charge in [0.2, 0.25) is 5.91 Å². The number of benzene rings is 1. The van der Waals surface area contributed by atoms with Crippen LogP contribution in [0.1, 0.15) is 43.2 Å². The lowest BCUT2D eigenvalue weighted by molar-refractivity contribution is -0.140. The fourth-order valence-electron chi connectivity index (χ4n) is 3.52. The van der Waals surface area contributed by atoms with Gasteiger partial charge in [0, 0.05) is 18.6 Å². The quantitative estimate of drug-likeness (QED) is 0.658. The molecule has 1 aromatic carbocycles. The first-order valence-corrected chi connectivity index (χ1v) is 9.86. The van der Waals surface area contributed by atoms with Crippen LogP contribution in [0.2, 0.25) is 0 Å². The molecule has 148 valence electrons. The number of aliphatic carboxylic acids is 1. The molecule has 0 atom stereocenters. The average molecular weight is 374 g/mol. The minimum Gasteiger partial charge on any atom is -0.493 e. The normalized spacial score (nSPS) is 21.6. The highest BCUT2D eigenvalue weighted by atomic mass is 16.5. The van der Waals surface area contributed by atoms with E-state index in [9.17, 15) is 9.59 Å². The summed E-state index contributed by atoms with van der Waals surface area (Å²) >= 11 is 0. The number of hydrogen-bond donors (Lipinski definition) is 2. The van der Waals surface area contributed by atoms with Crippen LogP contribution in [-0.2, 0) is 9.59 Å². The largest absolute Gasteiger partial charge is 0.493 e. The third kappa shape index (κ3) is 5.96. The molecule has 1 aromatic rings. The zero-order chi connectivity index (χ0) is 19.4. The Kier molecular flexibility index (Phi) is 6.37. The van der Waals surface area contributed by atoms with E-state index in [2.05, 4.69) is 17.1 Å². The topological polar surface area (TPSA) is 78.9 Å². The number of carbonyl (C=O) groups is 2. The van der Waals surface area contributed by atoms with Crippen LogP contribution in [-0.4, -0.2) is 53.7 Å².